The lowest BCUT2D eigenvalue weighted by Crippen LogP contribution is -2.51. The highest BCUT2D eigenvalue weighted by atomic mass is 35.5. The van der Waals surface area contributed by atoms with E-state index in [-0.39, 0.29) is 28.1 Å². The molecule has 0 aliphatic carbocycles. The van der Waals surface area contributed by atoms with Crippen LogP contribution in [0.1, 0.15) is 32.3 Å². The first-order valence-electron chi connectivity index (χ1n) is 12.3. The van der Waals surface area contributed by atoms with Crippen molar-refractivity contribution in [3.05, 3.63) is 94.5 Å². The number of sulfonamides is 1. The Morgan fingerprint density at radius 3 is 2.13 bits per heavy atom. The number of para-hydroxylation sites is 1. The van der Waals surface area contributed by atoms with Crippen LogP contribution < -0.4 is 9.62 Å². The maximum atomic E-state index is 13.9. The summed E-state index contributed by atoms with van der Waals surface area (Å²) in [6.45, 7) is 3.55. The van der Waals surface area contributed by atoms with E-state index >= 15 is 0 Å². The summed E-state index contributed by atoms with van der Waals surface area (Å²) in [5, 5.41) is 3.45. The van der Waals surface area contributed by atoms with Gasteiger partial charge >= 0.3 is 0 Å². The van der Waals surface area contributed by atoms with Gasteiger partial charge in [-0.25, -0.2) is 8.42 Å². The Morgan fingerprint density at radius 2 is 1.50 bits per heavy atom. The Kier molecular flexibility index (Phi) is 10.6. The van der Waals surface area contributed by atoms with E-state index in [9.17, 15) is 18.0 Å². The van der Waals surface area contributed by atoms with Gasteiger partial charge in [-0.2, -0.15) is 0 Å². The monoisotopic (exact) mass is 575 g/mol. The lowest BCUT2D eigenvalue weighted by Gasteiger charge is -2.32. The van der Waals surface area contributed by atoms with Crippen molar-refractivity contribution in [3.8, 4) is 0 Å². The zero-order valence-electron chi connectivity index (χ0n) is 21.3. The van der Waals surface area contributed by atoms with Gasteiger partial charge in [-0.3, -0.25) is 13.9 Å². The molecule has 1 atom stereocenters. The molecule has 0 aliphatic rings. The quantitative estimate of drug-likeness (QED) is 0.288. The standard InChI is InChI=1S/C28H31Cl2N3O4S/c1-3-4-18-31-28(35)21(2)32(19-22-12-8-9-15-24(22)29)27(34)20-33(26-17-11-10-16-25(26)30)38(36,37)23-13-6-5-7-14-23/h5-17,21H,3-4,18-20H2,1-2H3,(H,31,35). The molecule has 0 bridgehead atoms. The van der Waals surface area contributed by atoms with Gasteiger partial charge in [-0.05, 0) is 49.2 Å². The number of amides is 2. The third kappa shape index (κ3) is 7.28. The van der Waals surface area contributed by atoms with Crippen molar-refractivity contribution in [2.45, 2.75) is 44.2 Å². The van der Waals surface area contributed by atoms with Crippen LogP contribution in [-0.4, -0.2) is 44.3 Å². The molecule has 3 rings (SSSR count). The van der Waals surface area contributed by atoms with Crippen molar-refractivity contribution in [1.29, 1.82) is 0 Å². The van der Waals surface area contributed by atoms with Gasteiger partial charge in [-0.15, -0.1) is 0 Å². The van der Waals surface area contributed by atoms with Crippen LogP contribution in [0.15, 0.2) is 83.8 Å². The zero-order chi connectivity index (χ0) is 27.7. The smallest absolute Gasteiger partial charge is 0.264 e. The van der Waals surface area contributed by atoms with E-state index < -0.39 is 28.5 Å². The molecule has 3 aromatic carbocycles. The van der Waals surface area contributed by atoms with Crippen molar-refractivity contribution in [1.82, 2.24) is 10.2 Å². The Morgan fingerprint density at radius 1 is 0.895 bits per heavy atom. The number of nitrogens with zero attached hydrogens (tertiary/aromatic N) is 2. The minimum Gasteiger partial charge on any atom is -0.354 e. The second kappa shape index (κ2) is 13.6. The van der Waals surface area contributed by atoms with Crippen LogP contribution in [0, 0.1) is 0 Å². The second-order valence-corrected chi connectivity index (χ2v) is 11.4. The van der Waals surface area contributed by atoms with Gasteiger partial charge in [0.15, 0.2) is 0 Å². The number of rotatable bonds is 12. The maximum Gasteiger partial charge on any atom is 0.264 e. The highest BCUT2D eigenvalue weighted by Crippen LogP contribution is 2.31. The molecule has 202 valence electrons. The van der Waals surface area contributed by atoms with Crippen LogP contribution in [0.25, 0.3) is 0 Å². The largest absolute Gasteiger partial charge is 0.354 e. The van der Waals surface area contributed by atoms with Crippen LogP contribution in [0.2, 0.25) is 10.0 Å². The molecule has 10 heteroatoms. The minimum atomic E-state index is -4.17. The summed E-state index contributed by atoms with van der Waals surface area (Å²) in [4.78, 5) is 28.2. The first-order chi connectivity index (χ1) is 18.2. The molecule has 0 saturated carbocycles. The van der Waals surface area contributed by atoms with Crippen LogP contribution in [0.3, 0.4) is 0 Å². The van der Waals surface area contributed by atoms with Crippen molar-refractivity contribution in [2.75, 3.05) is 17.4 Å². The summed E-state index contributed by atoms with van der Waals surface area (Å²) in [6, 6.07) is 20.3. The van der Waals surface area contributed by atoms with Crippen molar-refractivity contribution in [3.63, 3.8) is 0 Å². The van der Waals surface area contributed by atoms with E-state index in [4.69, 9.17) is 23.2 Å². The lowest BCUT2D eigenvalue weighted by atomic mass is 10.1. The van der Waals surface area contributed by atoms with Gasteiger partial charge in [0, 0.05) is 18.1 Å². The molecule has 0 fully saturated rings. The van der Waals surface area contributed by atoms with Crippen LogP contribution in [0.5, 0.6) is 0 Å². The average molecular weight is 577 g/mol. The summed E-state index contributed by atoms with van der Waals surface area (Å²) in [5.41, 5.74) is 0.787. The number of hydrogen-bond donors (Lipinski definition) is 1. The van der Waals surface area contributed by atoms with E-state index in [0.29, 0.717) is 17.1 Å². The topological polar surface area (TPSA) is 86.8 Å². The summed E-state index contributed by atoms with van der Waals surface area (Å²) in [6.07, 6.45) is 1.70. The Bertz CT molecular complexity index is 1350. The number of anilines is 1. The SMILES string of the molecule is CCCCNC(=O)C(C)N(Cc1ccccc1Cl)C(=O)CN(c1ccccc1Cl)S(=O)(=O)c1ccccc1. The summed E-state index contributed by atoms with van der Waals surface area (Å²) < 4.78 is 28.4. The lowest BCUT2D eigenvalue weighted by molar-refractivity contribution is -0.139. The average Bonchev–Trinajstić information content (AvgIpc) is 2.91. The number of carbonyl (C=O) groups is 2. The molecule has 1 unspecified atom stereocenters. The van der Waals surface area contributed by atoms with Gasteiger partial charge in [0.05, 0.1) is 15.6 Å². The number of unbranched alkanes of at least 4 members (excludes halogenated alkanes) is 1. The third-order valence-corrected chi connectivity index (χ3v) is 8.49. The highest BCUT2D eigenvalue weighted by Gasteiger charge is 2.33. The number of carbonyl (C=O) groups excluding carboxylic acids is 2. The first kappa shape index (κ1) is 29.5. The molecule has 0 aliphatic heterocycles. The normalized spacial score (nSPS) is 12.0. The Labute approximate surface area is 234 Å². The summed E-state index contributed by atoms with van der Waals surface area (Å²) in [5.74, 6) is -0.920. The van der Waals surface area contributed by atoms with Gasteiger partial charge in [0.1, 0.15) is 12.6 Å². The minimum absolute atomic E-state index is 0.00994. The maximum absolute atomic E-state index is 13.9. The van der Waals surface area contributed by atoms with E-state index in [0.717, 1.165) is 17.1 Å². The molecule has 0 saturated heterocycles. The summed E-state index contributed by atoms with van der Waals surface area (Å²) in [7, 11) is -4.17. The molecule has 1 N–H and O–H groups in total. The Balaban J connectivity index is 2.01. The number of benzene rings is 3. The highest BCUT2D eigenvalue weighted by molar-refractivity contribution is 7.92. The zero-order valence-corrected chi connectivity index (χ0v) is 23.6. The van der Waals surface area contributed by atoms with Crippen molar-refractivity contribution in [2.24, 2.45) is 0 Å². The fraction of sp³-hybridized carbons (Fsp3) is 0.286. The van der Waals surface area contributed by atoms with Gasteiger partial charge in [0.2, 0.25) is 11.8 Å². The molecule has 0 aromatic heterocycles. The third-order valence-electron chi connectivity index (χ3n) is 6.03. The molecule has 0 spiro atoms. The van der Waals surface area contributed by atoms with Gasteiger partial charge in [-0.1, -0.05) is 85.1 Å². The fourth-order valence-electron chi connectivity index (χ4n) is 3.82. The second-order valence-electron chi connectivity index (χ2n) is 8.71. The van der Waals surface area contributed by atoms with Crippen molar-refractivity contribution >= 4 is 50.7 Å². The summed E-state index contributed by atoms with van der Waals surface area (Å²) >= 11 is 12.8. The van der Waals surface area contributed by atoms with E-state index in [1.54, 1.807) is 67.6 Å². The predicted octanol–water partition coefficient (Wildman–Crippen LogP) is 5.52. The van der Waals surface area contributed by atoms with Crippen molar-refractivity contribution < 1.29 is 18.0 Å². The van der Waals surface area contributed by atoms with E-state index in [1.165, 1.54) is 23.1 Å². The van der Waals surface area contributed by atoms with E-state index in [1.807, 2.05) is 6.92 Å². The van der Waals surface area contributed by atoms with Crippen LogP contribution in [0.4, 0.5) is 5.69 Å². The fourth-order valence-corrected chi connectivity index (χ4v) is 5.75. The molecule has 38 heavy (non-hydrogen) atoms. The van der Waals surface area contributed by atoms with Crippen LogP contribution >= 0.6 is 23.2 Å². The van der Waals surface area contributed by atoms with Crippen LogP contribution in [-0.2, 0) is 26.2 Å². The molecule has 0 heterocycles. The molecular formula is C28H31Cl2N3O4S. The molecule has 2 amide bonds. The van der Waals surface area contributed by atoms with Gasteiger partial charge in [0.25, 0.3) is 10.0 Å². The molecule has 3 aromatic rings. The molecule has 7 nitrogen and oxygen atoms in total. The predicted molar refractivity (Wildman–Crippen MR) is 152 cm³/mol. The first-order valence-corrected chi connectivity index (χ1v) is 14.5. The number of halogens is 2. The number of hydrogen-bond acceptors (Lipinski definition) is 4. The Hall–Kier alpha value is -3.07. The molecular weight excluding hydrogens is 545 g/mol. The molecule has 0 radical (unpaired) electrons. The van der Waals surface area contributed by atoms with E-state index in [2.05, 4.69) is 5.32 Å². The van der Waals surface area contributed by atoms with Gasteiger partial charge < -0.3 is 10.2 Å². The number of nitrogens with one attached hydrogen (secondary N) is 1.